The van der Waals surface area contributed by atoms with Crippen molar-refractivity contribution in [2.45, 2.75) is 13.5 Å². The summed E-state index contributed by atoms with van der Waals surface area (Å²) in [6, 6.07) is 15.8. The normalized spacial score (nSPS) is 9.47. The average molecular weight is 292 g/mol. The Labute approximate surface area is 112 Å². The number of nitrogens with zero attached hydrogens (tertiary/aromatic N) is 1. The summed E-state index contributed by atoms with van der Waals surface area (Å²) in [6.45, 7) is 2.33. The molecule has 0 aliphatic heterocycles. The molecule has 17 heavy (non-hydrogen) atoms. The Hall–Kier alpha value is -1.48. The quantitative estimate of drug-likeness (QED) is 0.537. The van der Waals surface area contributed by atoms with Crippen molar-refractivity contribution < 1.29 is 26.3 Å². The Morgan fingerprint density at radius 3 is 2.35 bits per heavy atom. The zero-order valence-corrected chi connectivity index (χ0v) is 11.2. The van der Waals surface area contributed by atoms with E-state index in [9.17, 15) is 4.79 Å². The van der Waals surface area contributed by atoms with Crippen LogP contribution in [0.15, 0.2) is 54.7 Å². The summed E-state index contributed by atoms with van der Waals surface area (Å²) in [6.07, 6.45) is 1.93. The number of Topliss-reactive ketones (excluding diaryl/α,β-unsaturated/α-hetero) is 1. The summed E-state index contributed by atoms with van der Waals surface area (Å²) in [5, 5.41) is 0. The smallest absolute Gasteiger partial charge is 0.248 e. The zero-order valence-electron chi connectivity index (χ0n) is 9.64. The molecule has 0 bridgehead atoms. The molecular weight excluding hydrogens is 278 g/mol. The van der Waals surface area contributed by atoms with E-state index in [2.05, 4.69) is 12.1 Å². The van der Waals surface area contributed by atoms with Crippen LogP contribution < -0.4 is 21.5 Å². The van der Waals surface area contributed by atoms with E-state index in [1.165, 1.54) is 5.56 Å². The van der Waals surface area contributed by atoms with E-state index in [4.69, 9.17) is 0 Å². The summed E-state index contributed by atoms with van der Waals surface area (Å²) in [7, 11) is 0. The first-order chi connectivity index (χ1) is 7.77. The first-order valence-electron chi connectivity index (χ1n) is 5.31. The molecule has 2 aromatic rings. The van der Waals surface area contributed by atoms with Gasteiger partial charge in [0.25, 0.3) is 0 Å². The Morgan fingerprint density at radius 1 is 1.06 bits per heavy atom. The molecule has 0 saturated heterocycles. The second-order valence-electron chi connectivity index (χ2n) is 3.76. The molecule has 1 heterocycles. The Balaban J connectivity index is 0.00000144. The average Bonchev–Trinajstić information content (AvgIpc) is 2.31. The van der Waals surface area contributed by atoms with Gasteiger partial charge in [-0.1, -0.05) is 30.3 Å². The molecule has 0 saturated carbocycles. The highest BCUT2D eigenvalue weighted by molar-refractivity contribution is 5.90. The lowest BCUT2D eigenvalue weighted by Crippen LogP contribution is -3.00. The molecule has 0 aliphatic carbocycles. The van der Waals surface area contributed by atoms with Crippen molar-refractivity contribution in [3.63, 3.8) is 0 Å². The monoisotopic (exact) mass is 291 g/mol. The highest BCUT2D eigenvalue weighted by Crippen LogP contribution is 2.00. The molecule has 2 nitrogen and oxygen atoms in total. The SMILES string of the molecule is CC(=O)c1cccc[n+]1Cc1ccccc1.[Br-]. The minimum absolute atomic E-state index is 0. The Bertz CT molecular complexity index is 497. The lowest BCUT2D eigenvalue weighted by molar-refractivity contribution is -0.690. The number of hydrogen-bond acceptors (Lipinski definition) is 1. The van der Waals surface area contributed by atoms with Gasteiger partial charge in [0.15, 0.2) is 12.7 Å². The van der Waals surface area contributed by atoms with Crippen LogP contribution in [0, 0.1) is 0 Å². The van der Waals surface area contributed by atoms with Crippen LogP contribution in [-0.2, 0) is 6.54 Å². The number of aromatic nitrogens is 1. The van der Waals surface area contributed by atoms with Crippen molar-refractivity contribution in [2.75, 3.05) is 0 Å². The van der Waals surface area contributed by atoms with Crippen LogP contribution in [0.1, 0.15) is 23.0 Å². The minimum atomic E-state index is 0. The topological polar surface area (TPSA) is 20.9 Å². The van der Waals surface area contributed by atoms with Gasteiger partial charge in [-0.2, -0.15) is 4.57 Å². The van der Waals surface area contributed by atoms with Crippen LogP contribution in [0.5, 0.6) is 0 Å². The largest absolute Gasteiger partial charge is 1.00 e. The van der Waals surface area contributed by atoms with Gasteiger partial charge in [-0.3, -0.25) is 4.79 Å². The summed E-state index contributed by atoms with van der Waals surface area (Å²) in [4.78, 5) is 11.4. The first kappa shape index (κ1) is 13.6. The van der Waals surface area contributed by atoms with Gasteiger partial charge in [0.1, 0.15) is 0 Å². The van der Waals surface area contributed by atoms with Crippen LogP contribution in [-0.4, -0.2) is 5.78 Å². The predicted molar refractivity (Wildman–Crippen MR) is 62.2 cm³/mol. The maximum Gasteiger partial charge on any atom is 0.248 e. The minimum Gasteiger partial charge on any atom is -1.00 e. The molecule has 0 amide bonds. The molecule has 0 N–H and O–H groups in total. The van der Waals surface area contributed by atoms with E-state index in [1.807, 2.05) is 47.2 Å². The number of ketones is 1. The molecule has 3 heteroatoms. The first-order valence-corrected chi connectivity index (χ1v) is 5.31. The van der Waals surface area contributed by atoms with Crippen molar-refractivity contribution in [3.05, 3.63) is 66.0 Å². The van der Waals surface area contributed by atoms with Crippen molar-refractivity contribution in [1.82, 2.24) is 0 Å². The molecule has 2 rings (SSSR count). The third-order valence-electron chi connectivity index (χ3n) is 2.50. The summed E-state index contributed by atoms with van der Waals surface area (Å²) in [5.41, 5.74) is 1.94. The van der Waals surface area contributed by atoms with E-state index in [0.717, 1.165) is 12.2 Å². The van der Waals surface area contributed by atoms with E-state index < -0.39 is 0 Å². The van der Waals surface area contributed by atoms with Crippen molar-refractivity contribution in [3.8, 4) is 0 Å². The van der Waals surface area contributed by atoms with Crippen LogP contribution >= 0.6 is 0 Å². The zero-order chi connectivity index (χ0) is 11.4. The van der Waals surface area contributed by atoms with Gasteiger partial charge >= 0.3 is 0 Å². The fourth-order valence-electron chi connectivity index (χ4n) is 1.71. The van der Waals surface area contributed by atoms with Gasteiger partial charge in [-0.05, 0) is 6.07 Å². The summed E-state index contributed by atoms with van der Waals surface area (Å²) >= 11 is 0. The Kier molecular flexibility index (Phi) is 5.04. The fourth-order valence-corrected chi connectivity index (χ4v) is 1.71. The van der Waals surface area contributed by atoms with Crippen LogP contribution in [0.4, 0.5) is 0 Å². The molecule has 0 radical (unpaired) electrons. The summed E-state index contributed by atoms with van der Waals surface area (Å²) < 4.78 is 1.97. The van der Waals surface area contributed by atoms with Gasteiger partial charge in [-0.25, -0.2) is 0 Å². The number of carbonyl (C=O) groups excluding carboxylic acids is 1. The predicted octanol–water partition coefficient (Wildman–Crippen LogP) is -0.771. The van der Waals surface area contributed by atoms with Crippen molar-refractivity contribution >= 4 is 5.78 Å². The van der Waals surface area contributed by atoms with Gasteiger partial charge in [0.2, 0.25) is 11.5 Å². The Morgan fingerprint density at radius 2 is 1.71 bits per heavy atom. The van der Waals surface area contributed by atoms with E-state index >= 15 is 0 Å². The highest BCUT2D eigenvalue weighted by atomic mass is 79.9. The molecule has 0 atom stereocenters. The molecule has 0 fully saturated rings. The number of rotatable bonds is 3. The van der Waals surface area contributed by atoms with Gasteiger partial charge in [0.05, 0.1) is 0 Å². The van der Waals surface area contributed by atoms with E-state index in [1.54, 1.807) is 6.92 Å². The number of pyridine rings is 1. The molecule has 1 aromatic heterocycles. The van der Waals surface area contributed by atoms with Gasteiger partial charge in [-0.15, -0.1) is 0 Å². The fraction of sp³-hybridized carbons (Fsp3) is 0.143. The third-order valence-corrected chi connectivity index (χ3v) is 2.50. The molecule has 0 aliphatic rings. The molecule has 0 spiro atoms. The van der Waals surface area contributed by atoms with Crippen molar-refractivity contribution in [2.24, 2.45) is 0 Å². The second-order valence-corrected chi connectivity index (χ2v) is 3.76. The van der Waals surface area contributed by atoms with Crippen LogP contribution in [0.25, 0.3) is 0 Å². The molecule has 1 aromatic carbocycles. The maximum absolute atomic E-state index is 11.4. The third kappa shape index (κ3) is 3.49. The van der Waals surface area contributed by atoms with E-state index in [-0.39, 0.29) is 22.8 Å². The van der Waals surface area contributed by atoms with E-state index in [0.29, 0.717) is 0 Å². The maximum atomic E-state index is 11.4. The van der Waals surface area contributed by atoms with Gasteiger partial charge in [0, 0.05) is 24.6 Å². The molecular formula is C14H14BrNO. The van der Waals surface area contributed by atoms with Gasteiger partial charge < -0.3 is 17.0 Å². The molecule has 88 valence electrons. The van der Waals surface area contributed by atoms with Crippen LogP contribution in [0.2, 0.25) is 0 Å². The standard InChI is InChI=1S/C14H14NO.BrH/c1-12(16)14-9-5-6-10-15(14)11-13-7-3-2-4-8-13;/h2-10H,11H2,1H3;1H/q+1;/p-1. The lowest BCUT2D eigenvalue weighted by atomic mass is 10.2. The number of halogens is 1. The van der Waals surface area contributed by atoms with Crippen LogP contribution in [0.3, 0.4) is 0 Å². The number of hydrogen-bond donors (Lipinski definition) is 0. The highest BCUT2D eigenvalue weighted by Gasteiger charge is 2.13. The number of benzene rings is 1. The summed E-state index contributed by atoms with van der Waals surface area (Å²) in [5.74, 6) is 0.0940. The second kappa shape index (κ2) is 6.30. The van der Waals surface area contributed by atoms with Crippen molar-refractivity contribution in [1.29, 1.82) is 0 Å². The molecule has 0 unspecified atom stereocenters. The number of carbonyl (C=O) groups is 1. The lowest BCUT2D eigenvalue weighted by Gasteiger charge is -2.00.